The number of halogens is 1. The highest BCUT2D eigenvalue weighted by atomic mass is 35.5. The summed E-state index contributed by atoms with van der Waals surface area (Å²) in [5.41, 5.74) is 5.53. The zero-order valence-corrected chi connectivity index (χ0v) is 18.3. The normalized spacial score (nSPS) is 12.1. The van der Waals surface area contributed by atoms with Gasteiger partial charge in [-0.25, -0.2) is 8.42 Å². The third-order valence-corrected chi connectivity index (χ3v) is 7.21. The van der Waals surface area contributed by atoms with Gasteiger partial charge >= 0.3 is 0 Å². The first-order chi connectivity index (χ1) is 13.1. The molecule has 2 aromatic rings. The van der Waals surface area contributed by atoms with Gasteiger partial charge in [-0.15, -0.1) is 11.3 Å². The number of thiocarbonyl (C=S) groups is 1. The van der Waals surface area contributed by atoms with Crippen LogP contribution in [0.1, 0.15) is 28.2 Å². The minimum Gasteiger partial charge on any atom is -0.496 e. The van der Waals surface area contributed by atoms with Crippen molar-refractivity contribution in [2.75, 3.05) is 14.2 Å². The number of hydrogen-bond donors (Lipinski definition) is 3. The molecule has 1 amide bonds. The molecule has 2 rings (SSSR count). The van der Waals surface area contributed by atoms with Gasteiger partial charge in [0.15, 0.2) is 15.1 Å². The zero-order valence-electron chi connectivity index (χ0n) is 15.1. The van der Waals surface area contributed by atoms with Crippen molar-refractivity contribution < 1.29 is 22.7 Å². The number of ether oxygens (including phenoxy) is 2. The Morgan fingerprint density at radius 2 is 1.89 bits per heavy atom. The summed E-state index contributed by atoms with van der Waals surface area (Å²) >= 11 is 11.5. The monoisotopic (exact) mass is 463 g/mol. The second-order valence-corrected chi connectivity index (χ2v) is 9.35. The highest BCUT2D eigenvalue weighted by molar-refractivity contribution is 7.93. The minimum absolute atomic E-state index is 0.0979. The van der Waals surface area contributed by atoms with Crippen LogP contribution < -0.4 is 25.2 Å². The van der Waals surface area contributed by atoms with Crippen molar-refractivity contribution in [2.24, 2.45) is 5.73 Å². The number of benzene rings is 1. The fourth-order valence-electron chi connectivity index (χ4n) is 2.30. The summed E-state index contributed by atoms with van der Waals surface area (Å²) < 4.78 is 37.0. The van der Waals surface area contributed by atoms with Crippen LogP contribution in [0.4, 0.5) is 0 Å². The molecule has 0 bridgehead atoms. The number of methoxy groups -OCH3 is 2. The van der Waals surface area contributed by atoms with Gasteiger partial charge in [0.1, 0.15) is 5.75 Å². The maximum absolute atomic E-state index is 12.6. The van der Waals surface area contributed by atoms with Gasteiger partial charge in [-0.2, -0.15) is 0 Å². The van der Waals surface area contributed by atoms with Crippen LogP contribution in [0.3, 0.4) is 0 Å². The predicted molar refractivity (Wildman–Crippen MR) is 112 cm³/mol. The summed E-state index contributed by atoms with van der Waals surface area (Å²) in [4.78, 5) is 13.2. The average molecular weight is 464 g/mol. The summed E-state index contributed by atoms with van der Waals surface area (Å²) in [7, 11) is -1.20. The van der Waals surface area contributed by atoms with Gasteiger partial charge in [-0.3, -0.25) is 9.52 Å². The number of sulfonamides is 1. The van der Waals surface area contributed by atoms with Gasteiger partial charge in [-0.1, -0.05) is 11.6 Å². The summed E-state index contributed by atoms with van der Waals surface area (Å²) in [5.74, 6) is 0.0526. The van der Waals surface area contributed by atoms with Crippen molar-refractivity contribution >= 4 is 56.2 Å². The van der Waals surface area contributed by atoms with E-state index < -0.39 is 22.0 Å². The van der Waals surface area contributed by atoms with Crippen LogP contribution in [-0.4, -0.2) is 33.7 Å². The first-order valence-corrected chi connectivity index (χ1v) is 10.8. The molecule has 0 fully saturated rings. The summed E-state index contributed by atoms with van der Waals surface area (Å²) in [6.45, 7) is 1.71. The summed E-state index contributed by atoms with van der Waals surface area (Å²) in [6, 6.07) is 5.68. The van der Waals surface area contributed by atoms with Gasteiger partial charge < -0.3 is 20.5 Å². The standard InChI is InChI=1S/C16H18ClN3O5S3/c1-8(19-14(21)10-6-9(17)4-5-11(10)24-2)13-7-12(25-3)15(27-13)28(22,23)20-16(18)26/h4-8H,1-3H3,(H,19,21)(H3,18,20,26). The fourth-order valence-corrected chi connectivity index (χ4v) is 5.28. The maximum atomic E-state index is 12.6. The minimum atomic E-state index is -3.98. The van der Waals surface area contributed by atoms with Gasteiger partial charge in [0.25, 0.3) is 15.9 Å². The van der Waals surface area contributed by atoms with Crippen LogP contribution >= 0.6 is 35.2 Å². The molecule has 0 saturated heterocycles. The van der Waals surface area contributed by atoms with Crippen molar-refractivity contribution in [3.63, 3.8) is 0 Å². The molecule has 0 aliphatic rings. The number of nitrogens with two attached hydrogens (primary N) is 1. The van der Waals surface area contributed by atoms with E-state index in [0.717, 1.165) is 11.3 Å². The Balaban J connectivity index is 2.30. The largest absolute Gasteiger partial charge is 0.496 e. The fraction of sp³-hybridized carbons (Fsp3) is 0.250. The topological polar surface area (TPSA) is 120 Å². The van der Waals surface area contributed by atoms with Crippen molar-refractivity contribution in [1.82, 2.24) is 10.0 Å². The van der Waals surface area contributed by atoms with Crippen LogP contribution in [-0.2, 0) is 10.0 Å². The number of carbonyl (C=O) groups is 1. The van der Waals surface area contributed by atoms with Crippen LogP contribution in [0.25, 0.3) is 0 Å². The molecule has 1 atom stereocenters. The van der Waals surface area contributed by atoms with E-state index in [1.807, 2.05) is 4.72 Å². The Labute approximate surface area is 177 Å². The van der Waals surface area contributed by atoms with Gasteiger partial charge in [-0.05, 0) is 43.4 Å². The van der Waals surface area contributed by atoms with Crippen molar-refractivity contribution in [3.05, 3.63) is 39.7 Å². The second kappa shape index (κ2) is 8.95. The lowest BCUT2D eigenvalue weighted by atomic mass is 10.1. The molecule has 8 nitrogen and oxygen atoms in total. The lowest BCUT2D eigenvalue weighted by Gasteiger charge is -2.14. The maximum Gasteiger partial charge on any atom is 0.276 e. The lowest BCUT2D eigenvalue weighted by molar-refractivity contribution is 0.0937. The summed E-state index contributed by atoms with van der Waals surface area (Å²) in [5, 5.41) is 2.78. The van der Waals surface area contributed by atoms with Crippen LogP contribution in [0.5, 0.6) is 11.5 Å². The van der Waals surface area contributed by atoms with E-state index in [9.17, 15) is 13.2 Å². The Morgan fingerprint density at radius 3 is 2.46 bits per heavy atom. The van der Waals surface area contributed by atoms with Gasteiger partial charge in [0, 0.05) is 9.90 Å². The van der Waals surface area contributed by atoms with E-state index in [4.69, 9.17) is 26.8 Å². The Morgan fingerprint density at radius 1 is 1.25 bits per heavy atom. The molecule has 1 aromatic heterocycles. The van der Waals surface area contributed by atoms with E-state index in [0.29, 0.717) is 15.6 Å². The Hall–Kier alpha value is -2.08. The van der Waals surface area contributed by atoms with Crippen molar-refractivity contribution in [2.45, 2.75) is 17.2 Å². The van der Waals surface area contributed by atoms with E-state index >= 15 is 0 Å². The number of carbonyl (C=O) groups excluding carboxylic acids is 1. The molecular formula is C16H18ClN3O5S3. The van der Waals surface area contributed by atoms with E-state index in [-0.39, 0.29) is 20.6 Å². The smallest absolute Gasteiger partial charge is 0.276 e. The Kier molecular flexibility index (Phi) is 7.10. The predicted octanol–water partition coefficient (Wildman–Crippen LogP) is 2.43. The number of nitrogens with one attached hydrogen (secondary N) is 2. The third kappa shape index (κ3) is 5.04. The van der Waals surface area contributed by atoms with Crippen molar-refractivity contribution in [1.29, 1.82) is 0 Å². The molecule has 0 aliphatic carbocycles. The van der Waals surface area contributed by atoms with Gasteiger partial charge in [0.05, 0.1) is 25.8 Å². The molecule has 0 spiro atoms. The first kappa shape index (κ1) is 22.2. The molecule has 1 heterocycles. The van der Waals surface area contributed by atoms with Gasteiger partial charge in [0.2, 0.25) is 0 Å². The molecule has 1 unspecified atom stereocenters. The first-order valence-electron chi connectivity index (χ1n) is 7.73. The number of thiophene rings is 1. The van der Waals surface area contributed by atoms with E-state index in [1.165, 1.54) is 26.4 Å². The molecular weight excluding hydrogens is 446 g/mol. The Bertz CT molecular complexity index is 1010. The zero-order chi connectivity index (χ0) is 21.1. The molecule has 4 N–H and O–H groups in total. The molecule has 28 heavy (non-hydrogen) atoms. The SMILES string of the molecule is COc1ccc(Cl)cc1C(=O)NC(C)c1cc(OC)c(S(=O)(=O)NC(N)=S)s1. The summed E-state index contributed by atoms with van der Waals surface area (Å²) in [6.07, 6.45) is 0. The number of hydrogen-bond acceptors (Lipinski definition) is 7. The number of rotatable bonds is 7. The highest BCUT2D eigenvalue weighted by Gasteiger charge is 2.26. The third-order valence-electron chi connectivity index (χ3n) is 3.56. The highest BCUT2D eigenvalue weighted by Crippen LogP contribution is 2.36. The number of amides is 1. The molecule has 0 saturated carbocycles. The molecule has 0 radical (unpaired) electrons. The van der Waals surface area contributed by atoms with Crippen LogP contribution in [0.15, 0.2) is 28.5 Å². The molecule has 152 valence electrons. The van der Waals surface area contributed by atoms with Crippen LogP contribution in [0.2, 0.25) is 5.02 Å². The average Bonchev–Trinajstić information content (AvgIpc) is 3.06. The van der Waals surface area contributed by atoms with Crippen LogP contribution in [0, 0.1) is 0 Å². The quantitative estimate of drug-likeness (QED) is 0.539. The van der Waals surface area contributed by atoms with Crippen molar-refractivity contribution in [3.8, 4) is 11.5 Å². The van der Waals surface area contributed by atoms with E-state index in [2.05, 4.69) is 17.5 Å². The molecule has 1 aromatic carbocycles. The van der Waals surface area contributed by atoms with E-state index in [1.54, 1.807) is 19.1 Å². The molecule has 0 aliphatic heterocycles. The lowest BCUT2D eigenvalue weighted by Crippen LogP contribution is -2.34. The second-order valence-electron chi connectivity index (χ2n) is 5.51. The molecule has 12 heteroatoms.